The van der Waals surface area contributed by atoms with Crippen LogP contribution in [0.1, 0.15) is 77.5 Å². The first kappa shape index (κ1) is 88.7. The number of halogens is 4. The average molecular weight is 1700 g/mol. The highest BCUT2D eigenvalue weighted by Gasteiger charge is 2.30. The van der Waals surface area contributed by atoms with Crippen LogP contribution in [0.25, 0.3) is 66.8 Å². The van der Waals surface area contributed by atoms with Gasteiger partial charge in [-0.3, -0.25) is 4.98 Å². The van der Waals surface area contributed by atoms with Crippen molar-refractivity contribution in [1.29, 1.82) is 0 Å². The Bertz CT molecular complexity index is 5300. The van der Waals surface area contributed by atoms with E-state index >= 15 is 0 Å². The standard InChI is InChI=1S/C19H23NO3.C18H21NO.C17H18ClNO.C16H15Cl2NO.C16H16ClNO.C16H18N2O/c1-20-12-15-8-7-13-5-4-6-17(19(13)23-15)16-10-9-14(21-2)11-18(16)22-3;1-13-6-3-4-8-16(13)17-9-5-7-14-10-11-15(12-19-2)20-18(14)17;1-19-11-13-10-9-12-5-4-7-15(17(12)20-13)14-6-2-3-8-16(14)18;17-11-5-7-15(18)14(8-11)13-3-1-2-10-4-6-12(9-19)20-16(10)13;17-15-7-2-1-5-13(15)14-6-3-4-11-8-9-12(10-18)19-16(11)14;1-17-11-14-8-7-12-4-2-6-15(16(12)19-14)13-5-3-9-18-10-13/h4-6,9-11,15,20H,7-8,12H2,1-3H3;3-9,15,19H,10-12H2,1-2H3;2-8,13,19H,9-11H2,1H3;1-3,5,7-8,12H,4,6,9,19H2;1-7,12H,8-10,18H2;2-6,9-10,14,17H,7-8,11H2,1H3/t2*15-;13-;2*12-;14-/m111111/s1. The highest BCUT2D eigenvalue weighted by atomic mass is 35.5. The Morgan fingerprint density at radius 1 is 0.331 bits per heavy atom. The first-order chi connectivity index (χ1) is 59.2. The van der Waals surface area contributed by atoms with Crippen molar-refractivity contribution in [1.82, 2.24) is 26.3 Å². The first-order valence-electron chi connectivity index (χ1n) is 42.1. The number of fused-ring (bicyclic) bond motifs is 6. The van der Waals surface area contributed by atoms with Gasteiger partial charge >= 0.3 is 0 Å². The van der Waals surface area contributed by atoms with Crippen LogP contribution in [-0.2, 0) is 38.5 Å². The van der Waals surface area contributed by atoms with Crippen molar-refractivity contribution in [3.8, 4) is 113 Å². The average Bonchev–Trinajstić information content (AvgIpc) is 0.758. The zero-order valence-electron chi connectivity index (χ0n) is 70.2. The molecule has 1 aromatic heterocycles. The van der Waals surface area contributed by atoms with Crippen LogP contribution in [0.5, 0.6) is 46.0 Å². The summed E-state index contributed by atoms with van der Waals surface area (Å²) >= 11 is 25.0. The number of pyridine rings is 1. The second kappa shape index (κ2) is 44.1. The summed E-state index contributed by atoms with van der Waals surface area (Å²) in [6.45, 7) is 6.75. The molecular formula is C102H111Cl4N7O8. The molecule has 0 radical (unpaired) electrons. The number of ether oxygens (including phenoxy) is 8. The van der Waals surface area contributed by atoms with Gasteiger partial charge < -0.3 is 70.6 Å². The maximum Gasteiger partial charge on any atom is 0.130 e. The second-order valence-electron chi connectivity index (χ2n) is 30.8. The molecule has 0 saturated heterocycles. The summed E-state index contributed by atoms with van der Waals surface area (Å²) in [5.41, 5.74) is 33.3. The van der Waals surface area contributed by atoms with E-state index in [2.05, 4.69) is 161 Å². The molecule has 12 aromatic rings. The summed E-state index contributed by atoms with van der Waals surface area (Å²) in [5, 5.41) is 15.6. The van der Waals surface area contributed by atoms with Crippen LogP contribution in [0.4, 0.5) is 0 Å². The van der Waals surface area contributed by atoms with Gasteiger partial charge in [-0.15, -0.1) is 0 Å². The third kappa shape index (κ3) is 22.4. The minimum Gasteiger partial charge on any atom is -0.497 e. The molecule has 11 aromatic carbocycles. The minimum atomic E-state index is 0.0709. The zero-order valence-corrected chi connectivity index (χ0v) is 73.2. The second-order valence-corrected chi connectivity index (χ2v) is 32.5. The Morgan fingerprint density at radius 3 is 1.04 bits per heavy atom. The Morgan fingerprint density at radius 2 is 0.669 bits per heavy atom. The number of aromatic nitrogens is 1. The molecule has 6 aliphatic heterocycles. The largest absolute Gasteiger partial charge is 0.497 e. The third-order valence-electron chi connectivity index (χ3n) is 22.6. The summed E-state index contributed by atoms with van der Waals surface area (Å²) in [5.74, 6) is 7.47. The van der Waals surface area contributed by atoms with E-state index in [-0.39, 0.29) is 36.6 Å². The van der Waals surface area contributed by atoms with Gasteiger partial charge in [0, 0.05) is 139 Å². The molecule has 6 atom stereocenters. The van der Waals surface area contributed by atoms with E-state index in [4.69, 9.17) is 95.8 Å². The van der Waals surface area contributed by atoms with Crippen LogP contribution in [0.2, 0.25) is 20.1 Å². The lowest BCUT2D eigenvalue weighted by molar-refractivity contribution is 0.174. The van der Waals surface area contributed by atoms with Crippen molar-refractivity contribution in [3.63, 3.8) is 0 Å². The van der Waals surface area contributed by atoms with Crippen molar-refractivity contribution >= 4 is 46.4 Å². The van der Waals surface area contributed by atoms with Gasteiger partial charge in [0.25, 0.3) is 0 Å². The molecule has 7 heterocycles. The summed E-state index contributed by atoms with van der Waals surface area (Å²) in [6, 6.07) is 77.5. The number of nitrogens with two attached hydrogens (primary N) is 2. The summed E-state index contributed by atoms with van der Waals surface area (Å²) in [6.07, 6.45) is 17.3. The molecular weight excluding hydrogens is 1590 g/mol. The Kier molecular flexibility index (Phi) is 32.3. The van der Waals surface area contributed by atoms with Gasteiger partial charge in [0.1, 0.15) is 82.6 Å². The van der Waals surface area contributed by atoms with Crippen molar-refractivity contribution in [2.45, 2.75) is 121 Å². The fourth-order valence-corrected chi connectivity index (χ4v) is 17.2. The Labute approximate surface area is 734 Å². The molecule has 0 aliphatic carbocycles. The summed E-state index contributed by atoms with van der Waals surface area (Å²) < 4.78 is 47.8. The van der Waals surface area contributed by atoms with E-state index in [0.717, 1.165) is 215 Å². The van der Waals surface area contributed by atoms with Crippen LogP contribution in [0.3, 0.4) is 0 Å². The number of aryl methyl sites for hydroxylation is 7. The molecule has 0 spiro atoms. The molecule has 0 amide bonds. The number of benzene rings is 11. The SMILES string of the molecule is CNC[C@H]1CCc2cccc(-c3ccc(OC)cc3OC)c2O1.CNC[C@H]1CCc2cccc(-c3ccccc3C)c2O1.CNC[C@H]1CCc2cccc(-c3ccccc3Cl)c2O1.CNC[C@H]1CCc2cccc(-c3cccnc3)c2O1.NC[C@H]1CCc2cccc(-c3cc(Cl)ccc3Cl)c2O1.NC[C@H]1CCc2cccc(-c3ccccc3Cl)c2O1. The lowest BCUT2D eigenvalue weighted by atomic mass is 9.93. The van der Waals surface area contributed by atoms with E-state index in [1.165, 1.54) is 50.1 Å². The molecule has 15 nitrogen and oxygen atoms in total. The van der Waals surface area contributed by atoms with Gasteiger partial charge in [-0.2, -0.15) is 0 Å². The van der Waals surface area contributed by atoms with Crippen LogP contribution < -0.4 is 70.6 Å². The first-order valence-corrected chi connectivity index (χ1v) is 43.6. The molecule has 0 bridgehead atoms. The highest BCUT2D eigenvalue weighted by Crippen LogP contribution is 2.47. The van der Waals surface area contributed by atoms with Crippen molar-refractivity contribution < 1.29 is 37.9 Å². The predicted octanol–water partition coefficient (Wildman–Crippen LogP) is 21.4. The Hall–Kier alpha value is -10.1. The lowest BCUT2D eigenvalue weighted by Gasteiger charge is -2.28. The lowest BCUT2D eigenvalue weighted by Crippen LogP contribution is -2.32. The number of rotatable bonds is 18. The van der Waals surface area contributed by atoms with Gasteiger partial charge in [-0.1, -0.05) is 222 Å². The van der Waals surface area contributed by atoms with Gasteiger partial charge in [0.2, 0.25) is 0 Å². The topological polar surface area (TPSA) is 187 Å². The van der Waals surface area contributed by atoms with Gasteiger partial charge in [0.15, 0.2) is 0 Å². The van der Waals surface area contributed by atoms with Crippen LogP contribution in [0, 0.1) is 6.92 Å². The number of para-hydroxylation sites is 6. The zero-order chi connectivity index (χ0) is 84.6. The van der Waals surface area contributed by atoms with Crippen LogP contribution >= 0.6 is 46.4 Å². The Balaban J connectivity index is 0.000000125. The number of nitrogens with zero attached hydrogens (tertiary/aromatic N) is 1. The molecule has 18 rings (SSSR count). The monoisotopic (exact) mass is 1700 g/mol. The fraction of sp³-hybridized carbons (Fsp3) is 0.304. The molecule has 8 N–H and O–H groups in total. The molecule has 0 fully saturated rings. The van der Waals surface area contributed by atoms with Gasteiger partial charge in [0.05, 0.1) is 14.2 Å². The molecule has 121 heavy (non-hydrogen) atoms. The van der Waals surface area contributed by atoms with Crippen molar-refractivity contribution in [2.24, 2.45) is 11.5 Å². The molecule has 6 aliphatic rings. The predicted molar refractivity (Wildman–Crippen MR) is 497 cm³/mol. The minimum absolute atomic E-state index is 0.0709. The fourth-order valence-electron chi connectivity index (χ4n) is 16.4. The summed E-state index contributed by atoms with van der Waals surface area (Å²) in [7, 11) is 11.2. The van der Waals surface area contributed by atoms with Crippen LogP contribution in [-0.4, -0.2) is 123 Å². The highest BCUT2D eigenvalue weighted by molar-refractivity contribution is 6.35. The van der Waals surface area contributed by atoms with Crippen LogP contribution in [0.15, 0.2) is 243 Å². The molecule has 630 valence electrons. The van der Waals surface area contributed by atoms with E-state index in [0.29, 0.717) is 23.1 Å². The van der Waals surface area contributed by atoms with Gasteiger partial charge in [-0.05, 0) is 205 Å². The van der Waals surface area contributed by atoms with E-state index in [9.17, 15) is 0 Å². The quantitative estimate of drug-likeness (QED) is 0.0476. The number of hydrogen-bond acceptors (Lipinski definition) is 15. The number of hydrogen-bond donors (Lipinski definition) is 6. The van der Waals surface area contributed by atoms with Crippen molar-refractivity contribution in [2.75, 3.05) is 81.7 Å². The summed E-state index contributed by atoms with van der Waals surface area (Å²) in [4.78, 5) is 4.20. The number of likely N-dealkylation sites (N-methyl/N-ethyl adjacent to an activating group) is 4. The maximum absolute atomic E-state index is 6.33. The van der Waals surface area contributed by atoms with Crippen molar-refractivity contribution in [3.05, 3.63) is 302 Å². The molecule has 0 saturated carbocycles. The molecule has 0 unspecified atom stereocenters. The molecule has 19 heteroatoms. The maximum atomic E-state index is 6.33. The number of methoxy groups -OCH3 is 2. The van der Waals surface area contributed by atoms with E-state index in [1.807, 2.05) is 131 Å². The third-order valence-corrected chi connectivity index (χ3v) is 23.8. The normalized spacial score (nSPS) is 17.3. The smallest absolute Gasteiger partial charge is 0.130 e. The van der Waals surface area contributed by atoms with Gasteiger partial charge in [-0.25, -0.2) is 0 Å². The van der Waals surface area contributed by atoms with E-state index in [1.54, 1.807) is 26.5 Å². The number of nitrogens with one attached hydrogen (secondary N) is 4. The van der Waals surface area contributed by atoms with E-state index < -0.39 is 0 Å².